The minimum absolute atomic E-state index is 0.0117. The van der Waals surface area contributed by atoms with E-state index in [1.165, 1.54) is 6.39 Å². The number of rotatable bonds is 8. The number of nitrogens with one attached hydrogen (secondary N) is 1. The highest BCUT2D eigenvalue weighted by atomic mass is 16.5. The minimum atomic E-state index is -0.120. The molecule has 1 aliphatic heterocycles. The largest absolute Gasteiger partial charge is 0.497 e. The second-order valence-electron chi connectivity index (χ2n) is 7.52. The molecular formula is C22H29N3O5. The molecule has 0 aliphatic carbocycles. The molecule has 1 fully saturated rings. The van der Waals surface area contributed by atoms with Crippen molar-refractivity contribution in [2.45, 2.75) is 39.2 Å². The maximum Gasteiger partial charge on any atom is 0.291 e. The van der Waals surface area contributed by atoms with Gasteiger partial charge >= 0.3 is 0 Å². The van der Waals surface area contributed by atoms with Crippen molar-refractivity contribution in [2.24, 2.45) is 5.92 Å². The van der Waals surface area contributed by atoms with Crippen molar-refractivity contribution in [1.82, 2.24) is 15.2 Å². The first-order valence-electron chi connectivity index (χ1n) is 10.2. The Kier molecular flexibility index (Phi) is 7.32. The van der Waals surface area contributed by atoms with E-state index in [-0.39, 0.29) is 11.8 Å². The number of carbonyl (C=O) groups is 2. The van der Waals surface area contributed by atoms with Gasteiger partial charge < -0.3 is 24.1 Å². The maximum absolute atomic E-state index is 12.6. The maximum atomic E-state index is 12.6. The van der Waals surface area contributed by atoms with Crippen LogP contribution >= 0.6 is 0 Å². The Bertz CT molecular complexity index is 879. The van der Waals surface area contributed by atoms with Crippen LogP contribution in [0.15, 0.2) is 29.0 Å². The van der Waals surface area contributed by atoms with Crippen LogP contribution in [0.5, 0.6) is 11.5 Å². The number of likely N-dealkylation sites (tertiary alicyclic amines) is 1. The normalized spacial score (nSPS) is 16.2. The number of oxazole rings is 1. The van der Waals surface area contributed by atoms with Crippen molar-refractivity contribution in [1.29, 1.82) is 0 Å². The summed E-state index contributed by atoms with van der Waals surface area (Å²) in [6.45, 7) is 3.50. The molecule has 0 bridgehead atoms. The number of aryl methyl sites for hydroxylation is 1. The Morgan fingerprint density at radius 1 is 1.30 bits per heavy atom. The van der Waals surface area contributed by atoms with Gasteiger partial charge in [0.1, 0.15) is 11.5 Å². The highest BCUT2D eigenvalue weighted by molar-refractivity contribution is 5.92. The predicted octanol–water partition coefficient (Wildman–Crippen LogP) is 2.95. The molecule has 3 rings (SSSR count). The zero-order valence-electron chi connectivity index (χ0n) is 17.8. The third-order valence-electron chi connectivity index (χ3n) is 5.50. The van der Waals surface area contributed by atoms with Gasteiger partial charge in [0.05, 0.1) is 19.9 Å². The summed E-state index contributed by atoms with van der Waals surface area (Å²) in [5.41, 5.74) is 1.50. The quantitative estimate of drug-likeness (QED) is 0.712. The van der Waals surface area contributed by atoms with Gasteiger partial charge in [-0.05, 0) is 44.2 Å². The van der Waals surface area contributed by atoms with Gasteiger partial charge in [0.15, 0.2) is 6.39 Å². The molecule has 8 heteroatoms. The lowest BCUT2D eigenvalue weighted by molar-refractivity contribution is -0.121. The molecule has 1 atom stereocenters. The lowest BCUT2D eigenvalue weighted by Crippen LogP contribution is -2.40. The van der Waals surface area contributed by atoms with E-state index in [4.69, 9.17) is 13.9 Å². The molecule has 0 spiro atoms. The third-order valence-corrected chi connectivity index (χ3v) is 5.50. The van der Waals surface area contributed by atoms with Gasteiger partial charge in [0.25, 0.3) is 5.91 Å². The van der Waals surface area contributed by atoms with Crippen LogP contribution in [0.25, 0.3) is 0 Å². The fraction of sp³-hybridized carbons (Fsp3) is 0.500. The number of ether oxygens (including phenoxy) is 2. The molecule has 1 N–H and O–H groups in total. The summed E-state index contributed by atoms with van der Waals surface area (Å²) in [6.07, 6.45) is 4.40. The predicted molar refractivity (Wildman–Crippen MR) is 110 cm³/mol. The lowest BCUT2D eigenvalue weighted by Gasteiger charge is -2.32. The van der Waals surface area contributed by atoms with Gasteiger partial charge in [0.2, 0.25) is 11.7 Å². The summed E-state index contributed by atoms with van der Waals surface area (Å²) in [5.74, 6) is 1.86. The minimum Gasteiger partial charge on any atom is -0.497 e. The fourth-order valence-corrected chi connectivity index (χ4v) is 3.75. The molecular weight excluding hydrogens is 386 g/mol. The van der Waals surface area contributed by atoms with Crippen molar-refractivity contribution >= 4 is 11.8 Å². The molecule has 0 saturated carbocycles. The number of methoxy groups -OCH3 is 2. The van der Waals surface area contributed by atoms with Crippen molar-refractivity contribution in [3.63, 3.8) is 0 Å². The van der Waals surface area contributed by atoms with Crippen LogP contribution in [-0.2, 0) is 11.3 Å². The molecule has 1 aliphatic rings. The number of hydrogen-bond donors (Lipinski definition) is 1. The SMILES string of the molecule is COc1ccc(CNC(=O)CC[C@@H]2CCCN(C(=O)c3ocnc3C)C2)c(OC)c1. The van der Waals surface area contributed by atoms with Crippen LogP contribution in [0.3, 0.4) is 0 Å². The first-order valence-corrected chi connectivity index (χ1v) is 10.2. The number of benzene rings is 1. The van der Waals surface area contributed by atoms with E-state index in [0.29, 0.717) is 54.9 Å². The van der Waals surface area contributed by atoms with Crippen LogP contribution in [0.4, 0.5) is 0 Å². The van der Waals surface area contributed by atoms with Crippen LogP contribution in [0, 0.1) is 12.8 Å². The molecule has 2 heterocycles. The molecule has 1 saturated heterocycles. The molecule has 1 aromatic heterocycles. The zero-order chi connectivity index (χ0) is 21.5. The van der Waals surface area contributed by atoms with E-state index < -0.39 is 0 Å². The number of amides is 2. The highest BCUT2D eigenvalue weighted by Gasteiger charge is 2.27. The number of aromatic nitrogens is 1. The summed E-state index contributed by atoms with van der Waals surface area (Å²) in [4.78, 5) is 30.8. The molecule has 2 amide bonds. The number of hydrogen-bond acceptors (Lipinski definition) is 6. The molecule has 0 radical (unpaired) electrons. The van der Waals surface area contributed by atoms with E-state index in [0.717, 1.165) is 24.8 Å². The standard InChI is InChI=1S/C22H29N3O5/c1-15-21(30-14-24-15)22(27)25-10-4-5-16(13-25)6-9-20(26)23-12-17-7-8-18(28-2)11-19(17)29-3/h7-8,11,14,16H,4-6,9-10,12-13H2,1-3H3,(H,23,26)/t16-/m0/s1. The molecule has 30 heavy (non-hydrogen) atoms. The third kappa shape index (κ3) is 5.31. The first-order chi connectivity index (χ1) is 14.5. The fourth-order valence-electron chi connectivity index (χ4n) is 3.75. The topological polar surface area (TPSA) is 93.9 Å². The summed E-state index contributed by atoms with van der Waals surface area (Å²) >= 11 is 0. The summed E-state index contributed by atoms with van der Waals surface area (Å²) in [6, 6.07) is 5.52. The number of nitrogens with zero attached hydrogens (tertiary/aromatic N) is 2. The summed E-state index contributed by atoms with van der Waals surface area (Å²) in [7, 11) is 3.19. The zero-order valence-corrected chi connectivity index (χ0v) is 17.8. The Morgan fingerprint density at radius 3 is 2.83 bits per heavy atom. The van der Waals surface area contributed by atoms with Crippen LogP contribution < -0.4 is 14.8 Å². The van der Waals surface area contributed by atoms with E-state index in [1.54, 1.807) is 27.2 Å². The van der Waals surface area contributed by atoms with E-state index in [1.807, 2.05) is 17.0 Å². The van der Waals surface area contributed by atoms with Crippen molar-refractivity contribution < 1.29 is 23.5 Å². The molecule has 162 valence electrons. The Morgan fingerprint density at radius 2 is 2.13 bits per heavy atom. The number of carbonyl (C=O) groups excluding carboxylic acids is 2. The summed E-state index contributed by atoms with van der Waals surface area (Å²) in [5, 5.41) is 2.95. The van der Waals surface area contributed by atoms with E-state index in [2.05, 4.69) is 10.3 Å². The van der Waals surface area contributed by atoms with Crippen LogP contribution in [-0.4, -0.2) is 49.0 Å². The van der Waals surface area contributed by atoms with Gasteiger partial charge in [-0.3, -0.25) is 9.59 Å². The molecule has 8 nitrogen and oxygen atoms in total. The van der Waals surface area contributed by atoms with Crippen molar-refractivity contribution in [3.05, 3.63) is 41.6 Å². The highest BCUT2D eigenvalue weighted by Crippen LogP contribution is 2.25. The Hall–Kier alpha value is -3.03. The van der Waals surface area contributed by atoms with Gasteiger partial charge in [0, 0.05) is 37.7 Å². The monoisotopic (exact) mass is 415 g/mol. The van der Waals surface area contributed by atoms with Crippen molar-refractivity contribution in [2.75, 3.05) is 27.3 Å². The molecule has 1 aromatic carbocycles. The van der Waals surface area contributed by atoms with Crippen LogP contribution in [0.2, 0.25) is 0 Å². The number of piperidine rings is 1. The average molecular weight is 415 g/mol. The summed E-state index contributed by atoms with van der Waals surface area (Å²) < 4.78 is 15.8. The Balaban J connectivity index is 1.46. The first kappa shape index (κ1) is 21.7. The van der Waals surface area contributed by atoms with Crippen LogP contribution in [0.1, 0.15) is 47.5 Å². The average Bonchev–Trinajstić information content (AvgIpc) is 3.21. The Labute approximate surface area is 176 Å². The smallest absolute Gasteiger partial charge is 0.291 e. The van der Waals surface area contributed by atoms with E-state index >= 15 is 0 Å². The van der Waals surface area contributed by atoms with Gasteiger partial charge in [-0.15, -0.1) is 0 Å². The lowest BCUT2D eigenvalue weighted by atomic mass is 9.93. The molecule has 2 aromatic rings. The van der Waals surface area contributed by atoms with Gasteiger partial charge in [-0.25, -0.2) is 4.98 Å². The molecule has 0 unspecified atom stereocenters. The van der Waals surface area contributed by atoms with Gasteiger partial charge in [-0.1, -0.05) is 0 Å². The second-order valence-corrected chi connectivity index (χ2v) is 7.52. The van der Waals surface area contributed by atoms with Crippen molar-refractivity contribution in [3.8, 4) is 11.5 Å². The van der Waals surface area contributed by atoms with Gasteiger partial charge in [-0.2, -0.15) is 0 Å². The van der Waals surface area contributed by atoms with E-state index in [9.17, 15) is 9.59 Å². The second kappa shape index (κ2) is 10.1.